The first-order chi connectivity index (χ1) is 15.3. The number of aliphatic hydroxyl groups is 1. The number of anilines is 1. The molecule has 0 aliphatic carbocycles. The van der Waals surface area contributed by atoms with Gasteiger partial charge in [-0.2, -0.15) is 0 Å². The van der Waals surface area contributed by atoms with Crippen molar-refractivity contribution in [1.29, 1.82) is 0 Å². The number of likely N-dealkylation sites (tertiary alicyclic amines) is 1. The lowest BCUT2D eigenvalue weighted by Crippen LogP contribution is -2.55. The van der Waals surface area contributed by atoms with Crippen molar-refractivity contribution in [3.63, 3.8) is 0 Å². The largest absolute Gasteiger partial charge is 0.392 e. The van der Waals surface area contributed by atoms with E-state index in [1.807, 2.05) is 56.3 Å². The minimum absolute atomic E-state index is 0.249. The highest BCUT2D eigenvalue weighted by atomic mass is 16.3. The third kappa shape index (κ3) is 2.71. The molecule has 0 unspecified atom stereocenters. The molecular weight excluding hydrogens is 406 g/mol. The quantitative estimate of drug-likeness (QED) is 0.637. The first kappa shape index (κ1) is 20.8. The van der Waals surface area contributed by atoms with E-state index in [1.165, 1.54) is 4.90 Å². The van der Waals surface area contributed by atoms with Gasteiger partial charge in [0.2, 0.25) is 17.7 Å². The Kier molecular flexibility index (Phi) is 4.72. The molecule has 2 saturated heterocycles. The number of amides is 3. The molecule has 5 atom stereocenters. The Balaban J connectivity index is 1.57. The molecule has 3 aliphatic heterocycles. The summed E-state index contributed by atoms with van der Waals surface area (Å²) in [6, 6.07) is 12.8. The third-order valence-corrected chi connectivity index (χ3v) is 7.43. The second-order valence-electron chi connectivity index (χ2n) is 9.17. The molecule has 0 bridgehead atoms. The third-order valence-electron chi connectivity index (χ3n) is 7.43. The fourth-order valence-corrected chi connectivity index (χ4v) is 5.63. The molecule has 0 aromatic heterocycles. The number of carbonyl (C=O) groups is 3. The highest BCUT2D eigenvalue weighted by Gasteiger charge is 2.71. The lowest BCUT2D eigenvalue weighted by molar-refractivity contribution is -0.143. The number of imide groups is 1. The summed E-state index contributed by atoms with van der Waals surface area (Å²) in [7, 11) is 0. The zero-order valence-corrected chi connectivity index (χ0v) is 18.4. The summed E-state index contributed by atoms with van der Waals surface area (Å²) < 4.78 is 0. The number of hydrogen-bond acceptors (Lipinski definition) is 5. The topological polar surface area (TPSA) is 98.7 Å². The molecule has 7 nitrogen and oxygen atoms in total. The van der Waals surface area contributed by atoms with Crippen molar-refractivity contribution in [3.05, 3.63) is 64.7 Å². The number of nitrogens with one attached hydrogen (secondary N) is 2. The van der Waals surface area contributed by atoms with Crippen molar-refractivity contribution in [3.8, 4) is 0 Å². The minimum Gasteiger partial charge on any atom is -0.392 e. The van der Waals surface area contributed by atoms with Crippen LogP contribution in [-0.4, -0.2) is 46.4 Å². The van der Waals surface area contributed by atoms with Gasteiger partial charge in [0, 0.05) is 23.8 Å². The molecule has 3 N–H and O–H groups in total. The van der Waals surface area contributed by atoms with Gasteiger partial charge in [0.15, 0.2) is 0 Å². The molecule has 3 amide bonds. The zero-order chi connectivity index (χ0) is 22.8. The van der Waals surface area contributed by atoms with Crippen LogP contribution in [0.3, 0.4) is 0 Å². The van der Waals surface area contributed by atoms with Crippen LogP contribution >= 0.6 is 0 Å². The van der Waals surface area contributed by atoms with E-state index in [9.17, 15) is 19.5 Å². The molecule has 2 aromatic carbocycles. The van der Waals surface area contributed by atoms with Crippen LogP contribution in [-0.2, 0) is 26.3 Å². The summed E-state index contributed by atoms with van der Waals surface area (Å²) in [6.45, 7) is 5.73. The Hall–Kier alpha value is -3.03. The summed E-state index contributed by atoms with van der Waals surface area (Å²) in [5.74, 6) is -2.71. The fourth-order valence-electron chi connectivity index (χ4n) is 5.63. The fraction of sp³-hybridized carbons (Fsp3) is 0.400. The van der Waals surface area contributed by atoms with E-state index in [0.717, 1.165) is 16.7 Å². The number of carbonyl (C=O) groups excluding carboxylic acids is 3. The van der Waals surface area contributed by atoms with Crippen molar-refractivity contribution in [2.75, 3.05) is 11.9 Å². The number of rotatable bonds is 4. The highest BCUT2D eigenvalue weighted by Crippen LogP contribution is 2.54. The van der Waals surface area contributed by atoms with Crippen molar-refractivity contribution < 1.29 is 19.5 Å². The van der Waals surface area contributed by atoms with Crippen molar-refractivity contribution >= 4 is 23.4 Å². The summed E-state index contributed by atoms with van der Waals surface area (Å²) in [6.07, 6.45) is -0.366. The van der Waals surface area contributed by atoms with Gasteiger partial charge in [-0.05, 0) is 43.9 Å². The molecular formula is C25H27N3O4. The number of benzene rings is 2. The standard InChI is InChI=1S/C25H27N3O4/c1-13-9-10-17-20(14(13)2)26-24(32)25(17)19-18(21(27-25)15(3)29)22(30)28(23(19)31)12-11-16-7-5-4-6-8-16/h4-10,15,18-19,21,27,29H,11-12H2,1-3H3,(H,26,32)/t15-,18-,19-,21-,25+/m0/s1. The Morgan fingerprint density at radius 3 is 2.47 bits per heavy atom. The molecule has 3 aliphatic rings. The van der Waals surface area contributed by atoms with Gasteiger partial charge in [-0.25, -0.2) is 0 Å². The van der Waals surface area contributed by atoms with Gasteiger partial charge < -0.3 is 10.4 Å². The zero-order valence-electron chi connectivity index (χ0n) is 18.4. The van der Waals surface area contributed by atoms with Gasteiger partial charge in [-0.1, -0.05) is 42.5 Å². The molecule has 166 valence electrons. The second-order valence-corrected chi connectivity index (χ2v) is 9.17. The summed E-state index contributed by atoms with van der Waals surface area (Å²) in [5.41, 5.74) is 2.99. The molecule has 7 heteroatoms. The number of fused-ring (bicyclic) bond motifs is 4. The Morgan fingerprint density at radius 1 is 1.06 bits per heavy atom. The van der Waals surface area contributed by atoms with Crippen LogP contribution in [0.15, 0.2) is 42.5 Å². The van der Waals surface area contributed by atoms with Crippen LogP contribution in [0.5, 0.6) is 0 Å². The molecule has 2 fully saturated rings. The maximum atomic E-state index is 13.7. The number of aryl methyl sites for hydroxylation is 1. The summed E-state index contributed by atoms with van der Waals surface area (Å²) in [5, 5.41) is 16.7. The van der Waals surface area contributed by atoms with E-state index in [-0.39, 0.29) is 24.3 Å². The number of hydrogen-bond donors (Lipinski definition) is 3. The SMILES string of the molecule is Cc1ccc2c(c1C)NC(=O)[C@@]21N[C@@H]([C@H](C)O)[C@H]2C(=O)N(CCc3ccccc3)C(=O)[C@H]21. The van der Waals surface area contributed by atoms with Gasteiger partial charge in [-0.3, -0.25) is 24.6 Å². The van der Waals surface area contributed by atoms with E-state index >= 15 is 0 Å². The lowest BCUT2D eigenvalue weighted by atomic mass is 9.76. The predicted octanol–water partition coefficient (Wildman–Crippen LogP) is 1.65. The minimum atomic E-state index is -1.37. The number of aliphatic hydroxyl groups excluding tert-OH is 1. The van der Waals surface area contributed by atoms with Gasteiger partial charge in [0.1, 0.15) is 5.54 Å². The molecule has 0 saturated carbocycles. The average molecular weight is 434 g/mol. The van der Waals surface area contributed by atoms with Gasteiger partial charge in [0.05, 0.1) is 17.9 Å². The molecule has 0 radical (unpaired) electrons. The number of nitrogens with zero attached hydrogens (tertiary/aromatic N) is 1. The molecule has 32 heavy (non-hydrogen) atoms. The monoisotopic (exact) mass is 433 g/mol. The summed E-state index contributed by atoms with van der Waals surface area (Å²) in [4.78, 5) is 41.8. The van der Waals surface area contributed by atoms with Gasteiger partial charge in [-0.15, -0.1) is 0 Å². The smallest absolute Gasteiger partial charge is 0.250 e. The lowest BCUT2D eigenvalue weighted by Gasteiger charge is -2.30. The second kappa shape index (κ2) is 7.25. The van der Waals surface area contributed by atoms with E-state index in [1.54, 1.807) is 6.92 Å². The Morgan fingerprint density at radius 2 is 1.78 bits per heavy atom. The van der Waals surface area contributed by atoms with E-state index < -0.39 is 29.5 Å². The van der Waals surface area contributed by atoms with Crippen LogP contribution in [0.4, 0.5) is 5.69 Å². The Labute approximate surface area is 186 Å². The van der Waals surface area contributed by atoms with Crippen molar-refractivity contribution in [1.82, 2.24) is 10.2 Å². The van der Waals surface area contributed by atoms with Crippen molar-refractivity contribution in [2.24, 2.45) is 11.8 Å². The van der Waals surface area contributed by atoms with E-state index in [0.29, 0.717) is 17.7 Å². The van der Waals surface area contributed by atoms with Crippen LogP contribution in [0, 0.1) is 25.7 Å². The van der Waals surface area contributed by atoms with Crippen LogP contribution in [0.1, 0.15) is 29.2 Å². The Bertz CT molecular complexity index is 1130. The first-order valence-electron chi connectivity index (χ1n) is 11.0. The van der Waals surface area contributed by atoms with Crippen LogP contribution in [0.2, 0.25) is 0 Å². The van der Waals surface area contributed by atoms with Gasteiger partial charge >= 0.3 is 0 Å². The molecule has 1 spiro atoms. The van der Waals surface area contributed by atoms with E-state index in [2.05, 4.69) is 10.6 Å². The predicted molar refractivity (Wildman–Crippen MR) is 119 cm³/mol. The van der Waals surface area contributed by atoms with Gasteiger partial charge in [0.25, 0.3) is 0 Å². The molecule has 3 heterocycles. The maximum absolute atomic E-state index is 13.7. The molecule has 2 aromatic rings. The molecule has 5 rings (SSSR count). The van der Waals surface area contributed by atoms with Crippen LogP contribution in [0.25, 0.3) is 0 Å². The first-order valence-corrected chi connectivity index (χ1v) is 11.0. The average Bonchev–Trinajstić information content (AvgIpc) is 3.36. The maximum Gasteiger partial charge on any atom is 0.250 e. The van der Waals surface area contributed by atoms with Crippen molar-refractivity contribution in [2.45, 2.75) is 44.9 Å². The highest BCUT2D eigenvalue weighted by molar-refractivity contribution is 6.15. The van der Waals surface area contributed by atoms with Crippen LogP contribution < -0.4 is 10.6 Å². The van der Waals surface area contributed by atoms with E-state index in [4.69, 9.17) is 0 Å². The summed E-state index contributed by atoms with van der Waals surface area (Å²) >= 11 is 0. The normalized spacial score (nSPS) is 29.4.